The van der Waals surface area contributed by atoms with Crippen LogP contribution < -0.4 is 5.32 Å². The molecule has 0 radical (unpaired) electrons. The number of morpholine rings is 1. The van der Waals surface area contributed by atoms with E-state index in [0.717, 1.165) is 63.5 Å². The van der Waals surface area contributed by atoms with Gasteiger partial charge < -0.3 is 19.9 Å². The van der Waals surface area contributed by atoms with Crippen LogP contribution in [0.3, 0.4) is 0 Å². The molecule has 2 amide bonds. The first-order valence-electron chi connectivity index (χ1n) is 11.6. The number of carbonyl (C=O) groups is 2. The Kier molecular flexibility index (Phi) is 5.80. The van der Waals surface area contributed by atoms with Crippen LogP contribution in [0.1, 0.15) is 45.7 Å². The van der Waals surface area contributed by atoms with Crippen LogP contribution in [0.2, 0.25) is 0 Å². The number of nitrogens with one attached hydrogen (secondary N) is 2. The summed E-state index contributed by atoms with van der Waals surface area (Å²) >= 11 is 0. The fourth-order valence-electron chi connectivity index (χ4n) is 5.21. The molecule has 3 aliphatic rings. The number of benzene rings is 1. The number of aromatic nitrogens is 1. The van der Waals surface area contributed by atoms with Gasteiger partial charge in [-0.1, -0.05) is 0 Å². The Morgan fingerprint density at radius 1 is 1.24 bits per heavy atom. The summed E-state index contributed by atoms with van der Waals surface area (Å²) in [5.41, 5.74) is 4.45. The number of aryl methyl sites for hydroxylation is 1. The fourth-order valence-corrected chi connectivity index (χ4v) is 5.21. The monoisotopic (exact) mass is 452 g/mol. The Hall–Kier alpha value is -2.97. The van der Waals surface area contributed by atoms with Gasteiger partial charge in [-0.25, -0.2) is 4.39 Å². The zero-order valence-corrected chi connectivity index (χ0v) is 19.0. The first-order valence-corrected chi connectivity index (χ1v) is 11.6. The first kappa shape index (κ1) is 21.9. The molecule has 4 heterocycles. The van der Waals surface area contributed by atoms with E-state index in [9.17, 15) is 14.0 Å². The minimum atomic E-state index is -0.397. The third-order valence-corrected chi connectivity index (χ3v) is 6.95. The van der Waals surface area contributed by atoms with Crippen LogP contribution in [-0.2, 0) is 9.53 Å². The average molecular weight is 453 g/mol. The molecule has 174 valence electrons. The second-order valence-corrected chi connectivity index (χ2v) is 9.07. The summed E-state index contributed by atoms with van der Waals surface area (Å²) in [5.74, 6) is -0.643. The largest absolute Gasteiger partial charge is 0.379 e. The molecule has 1 atom stereocenters. The number of nitrogens with zero attached hydrogens (tertiary/aromatic N) is 2. The fraction of sp³-hybridized carbons (Fsp3) is 0.440. The van der Waals surface area contributed by atoms with E-state index in [4.69, 9.17) is 4.74 Å². The number of likely N-dealkylation sites (tertiary alicyclic amines) is 1. The molecule has 33 heavy (non-hydrogen) atoms. The Morgan fingerprint density at radius 3 is 2.82 bits per heavy atom. The minimum Gasteiger partial charge on any atom is -0.379 e. The van der Waals surface area contributed by atoms with Crippen molar-refractivity contribution >= 4 is 29.2 Å². The molecule has 2 aromatic rings. The predicted octanol–water partition coefficient (Wildman–Crippen LogP) is 3.20. The highest BCUT2D eigenvalue weighted by molar-refractivity contribution is 6.34. The lowest BCUT2D eigenvalue weighted by Gasteiger charge is -2.33. The second-order valence-electron chi connectivity index (χ2n) is 9.07. The SMILES string of the molecule is Cc1[nH]c(/C=C2\C(=O)Nc3ccc(F)cc32)c(C)c1C(=O)N1CCC[C@H]1CN1CCOCC1. The average Bonchev–Trinajstić information content (AvgIpc) is 3.45. The highest BCUT2D eigenvalue weighted by Crippen LogP contribution is 2.35. The smallest absolute Gasteiger partial charge is 0.256 e. The quantitative estimate of drug-likeness (QED) is 0.699. The number of halogens is 1. The third kappa shape index (κ3) is 4.09. The van der Waals surface area contributed by atoms with E-state index in [1.807, 2.05) is 18.7 Å². The van der Waals surface area contributed by atoms with Crippen molar-refractivity contribution in [3.8, 4) is 0 Å². The number of rotatable bonds is 4. The molecule has 7 nitrogen and oxygen atoms in total. The summed E-state index contributed by atoms with van der Waals surface area (Å²) in [6.07, 6.45) is 3.72. The van der Waals surface area contributed by atoms with Gasteiger partial charge in [0.25, 0.3) is 11.8 Å². The van der Waals surface area contributed by atoms with Crippen molar-refractivity contribution in [1.29, 1.82) is 0 Å². The summed E-state index contributed by atoms with van der Waals surface area (Å²) in [7, 11) is 0. The van der Waals surface area contributed by atoms with E-state index in [1.54, 1.807) is 12.1 Å². The molecule has 2 N–H and O–H groups in total. The van der Waals surface area contributed by atoms with E-state index in [1.165, 1.54) is 12.1 Å². The van der Waals surface area contributed by atoms with Gasteiger partial charge in [0.2, 0.25) is 0 Å². The molecule has 1 aromatic carbocycles. The van der Waals surface area contributed by atoms with E-state index >= 15 is 0 Å². The molecule has 0 unspecified atom stereocenters. The molecule has 8 heteroatoms. The van der Waals surface area contributed by atoms with Gasteiger partial charge in [0, 0.05) is 54.9 Å². The van der Waals surface area contributed by atoms with E-state index < -0.39 is 5.82 Å². The molecule has 1 aromatic heterocycles. The van der Waals surface area contributed by atoms with Crippen molar-refractivity contribution < 1.29 is 18.7 Å². The molecule has 0 spiro atoms. The molecule has 2 fully saturated rings. The molecule has 3 aliphatic heterocycles. The van der Waals surface area contributed by atoms with Gasteiger partial charge in [-0.15, -0.1) is 0 Å². The van der Waals surface area contributed by atoms with Crippen molar-refractivity contribution in [2.45, 2.75) is 32.7 Å². The topological polar surface area (TPSA) is 77.7 Å². The number of H-pyrrole nitrogens is 1. The number of amides is 2. The summed E-state index contributed by atoms with van der Waals surface area (Å²) in [5, 5.41) is 2.77. The normalized spacial score (nSPS) is 22.2. The first-order chi connectivity index (χ1) is 15.9. The summed E-state index contributed by atoms with van der Waals surface area (Å²) < 4.78 is 19.2. The van der Waals surface area contributed by atoms with Gasteiger partial charge in [-0.2, -0.15) is 0 Å². The number of anilines is 1. The zero-order valence-electron chi connectivity index (χ0n) is 19.0. The Morgan fingerprint density at radius 2 is 2.03 bits per heavy atom. The van der Waals surface area contributed by atoms with Crippen LogP contribution in [-0.4, -0.2) is 72.0 Å². The van der Waals surface area contributed by atoms with Gasteiger partial charge >= 0.3 is 0 Å². The molecule has 0 bridgehead atoms. The minimum absolute atomic E-state index is 0.0315. The number of hydrogen-bond donors (Lipinski definition) is 2. The molecular formula is C25H29FN4O3. The molecular weight excluding hydrogens is 423 g/mol. The second kappa shape index (κ2) is 8.76. The maximum atomic E-state index is 13.8. The lowest BCUT2D eigenvalue weighted by molar-refractivity contribution is -0.110. The van der Waals surface area contributed by atoms with Crippen LogP contribution in [0.25, 0.3) is 11.6 Å². The van der Waals surface area contributed by atoms with Crippen molar-refractivity contribution in [3.05, 3.63) is 52.1 Å². The summed E-state index contributed by atoms with van der Waals surface area (Å²) in [4.78, 5) is 33.8. The van der Waals surface area contributed by atoms with Crippen molar-refractivity contribution in [2.24, 2.45) is 0 Å². The van der Waals surface area contributed by atoms with E-state index in [0.29, 0.717) is 28.1 Å². The van der Waals surface area contributed by atoms with Crippen LogP contribution in [0.4, 0.5) is 10.1 Å². The van der Waals surface area contributed by atoms with E-state index in [-0.39, 0.29) is 17.9 Å². The van der Waals surface area contributed by atoms with Crippen LogP contribution in [0.15, 0.2) is 18.2 Å². The van der Waals surface area contributed by atoms with Crippen LogP contribution >= 0.6 is 0 Å². The Balaban J connectivity index is 1.41. The van der Waals surface area contributed by atoms with Crippen molar-refractivity contribution in [2.75, 3.05) is 44.7 Å². The maximum Gasteiger partial charge on any atom is 0.256 e. The zero-order chi connectivity index (χ0) is 23.1. The molecule has 0 saturated carbocycles. The third-order valence-electron chi connectivity index (χ3n) is 6.95. The molecule has 5 rings (SSSR count). The van der Waals surface area contributed by atoms with Crippen LogP contribution in [0.5, 0.6) is 0 Å². The van der Waals surface area contributed by atoms with Gasteiger partial charge in [0.05, 0.1) is 24.4 Å². The maximum absolute atomic E-state index is 13.8. The lowest BCUT2D eigenvalue weighted by Crippen LogP contribution is -2.46. The standard InChI is InChI=1S/C25H29FN4O3/c1-15-22(13-20-19-12-17(26)5-6-21(19)28-24(20)31)27-16(2)23(15)25(32)30-7-3-4-18(30)14-29-8-10-33-11-9-29/h5-6,12-13,18,27H,3-4,7-11,14H2,1-2H3,(H,28,31)/b20-13-/t18-/m0/s1. The predicted molar refractivity (Wildman–Crippen MR) is 124 cm³/mol. The Labute approximate surface area is 192 Å². The lowest BCUT2D eigenvalue weighted by atomic mass is 10.0. The number of hydrogen-bond acceptors (Lipinski definition) is 4. The highest BCUT2D eigenvalue weighted by Gasteiger charge is 2.33. The van der Waals surface area contributed by atoms with E-state index in [2.05, 4.69) is 15.2 Å². The highest BCUT2D eigenvalue weighted by atomic mass is 19.1. The van der Waals surface area contributed by atoms with Crippen LogP contribution in [0, 0.1) is 19.7 Å². The number of fused-ring (bicyclic) bond motifs is 1. The van der Waals surface area contributed by atoms with Gasteiger partial charge in [-0.05, 0) is 56.5 Å². The Bertz CT molecular complexity index is 1130. The number of ether oxygens (including phenoxy) is 1. The summed E-state index contributed by atoms with van der Waals surface area (Å²) in [6.45, 7) is 8.71. The van der Waals surface area contributed by atoms with Gasteiger partial charge in [0.15, 0.2) is 0 Å². The molecule has 2 saturated heterocycles. The molecule has 0 aliphatic carbocycles. The summed E-state index contributed by atoms with van der Waals surface area (Å²) in [6, 6.07) is 4.44. The number of aromatic amines is 1. The van der Waals surface area contributed by atoms with Crippen molar-refractivity contribution in [1.82, 2.24) is 14.8 Å². The van der Waals surface area contributed by atoms with Crippen molar-refractivity contribution in [3.63, 3.8) is 0 Å². The van der Waals surface area contributed by atoms with Gasteiger partial charge in [-0.3, -0.25) is 14.5 Å². The number of carbonyl (C=O) groups excluding carboxylic acids is 2. The van der Waals surface area contributed by atoms with Gasteiger partial charge in [0.1, 0.15) is 5.82 Å².